The van der Waals surface area contributed by atoms with E-state index >= 15 is 0 Å². The first kappa shape index (κ1) is 12.0. The molecule has 0 radical (unpaired) electrons. The Hall–Kier alpha value is -0.0800. The van der Waals surface area contributed by atoms with E-state index in [0.717, 1.165) is 19.7 Å². The third-order valence-corrected chi connectivity index (χ3v) is 2.93. The molecule has 0 aromatic carbocycles. The number of hydrogen-bond acceptors (Lipinski definition) is 2. The molecule has 0 saturated heterocycles. The first-order chi connectivity index (χ1) is 6.41. The summed E-state index contributed by atoms with van der Waals surface area (Å²) in [5.41, 5.74) is 0.587. The first-order valence-electron chi connectivity index (χ1n) is 5.76. The Morgan fingerprint density at radius 1 is 1.29 bits per heavy atom. The van der Waals surface area contributed by atoms with Crippen LogP contribution < -0.4 is 5.32 Å². The van der Waals surface area contributed by atoms with E-state index in [9.17, 15) is 0 Å². The van der Waals surface area contributed by atoms with Crippen molar-refractivity contribution in [2.75, 3.05) is 19.7 Å². The fourth-order valence-electron chi connectivity index (χ4n) is 1.78. The molecular weight excluding hydrogens is 174 g/mol. The van der Waals surface area contributed by atoms with E-state index in [0.29, 0.717) is 5.41 Å². The Morgan fingerprint density at radius 2 is 1.93 bits per heavy atom. The van der Waals surface area contributed by atoms with Gasteiger partial charge in [0.05, 0.1) is 12.2 Å². The van der Waals surface area contributed by atoms with Gasteiger partial charge in [-0.2, -0.15) is 0 Å². The van der Waals surface area contributed by atoms with Crippen LogP contribution in [-0.2, 0) is 4.74 Å². The summed E-state index contributed by atoms with van der Waals surface area (Å²) in [5.74, 6) is 0. The molecule has 1 rings (SSSR count). The molecule has 0 bridgehead atoms. The number of rotatable bonds is 5. The number of nitrogens with one attached hydrogen (secondary N) is 1. The highest BCUT2D eigenvalue weighted by molar-refractivity contribution is 4.85. The number of ether oxygens (including phenoxy) is 1. The van der Waals surface area contributed by atoms with Crippen LogP contribution in [0.1, 0.15) is 47.0 Å². The normalized spacial score (nSPS) is 20.6. The quantitative estimate of drug-likeness (QED) is 0.687. The van der Waals surface area contributed by atoms with Crippen molar-refractivity contribution < 1.29 is 4.74 Å². The minimum Gasteiger partial charge on any atom is -0.375 e. The monoisotopic (exact) mass is 199 g/mol. The maximum absolute atomic E-state index is 5.63. The molecule has 0 unspecified atom stereocenters. The molecule has 0 spiro atoms. The van der Waals surface area contributed by atoms with Gasteiger partial charge in [0.25, 0.3) is 0 Å². The van der Waals surface area contributed by atoms with Crippen LogP contribution in [0.25, 0.3) is 0 Å². The SMILES string of the molecule is CC1(CNCCOC(C)(C)C)CCC1. The van der Waals surface area contributed by atoms with Crippen molar-refractivity contribution in [1.29, 1.82) is 0 Å². The van der Waals surface area contributed by atoms with E-state index in [1.54, 1.807) is 0 Å². The van der Waals surface area contributed by atoms with E-state index in [2.05, 4.69) is 33.0 Å². The molecule has 1 aliphatic carbocycles. The van der Waals surface area contributed by atoms with Gasteiger partial charge < -0.3 is 10.1 Å². The van der Waals surface area contributed by atoms with Gasteiger partial charge in [-0.1, -0.05) is 13.3 Å². The Bertz CT molecular complexity index is 168. The largest absolute Gasteiger partial charge is 0.375 e. The topological polar surface area (TPSA) is 21.3 Å². The average molecular weight is 199 g/mol. The van der Waals surface area contributed by atoms with Gasteiger partial charge in [0.15, 0.2) is 0 Å². The molecule has 1 saturated carbocycles. The standard InChI is InChI=1S/C12H25NO/c1-11(2,3)14-9-8-13-10-12(4)6-5-7-12/h13H,5-10H2,1-4H3. The van der Waals surface area contributed by atoms with Gasteiger partial charge in [-0.3, -0.25) is 0 Å². The van der Waals surface area contributed by atoms with E-state index in [1.165, 1.54) is 19.3 Å². The second kappa shape index (κ2) is 4.63. The highest BCUT2D eigenvalue weighted by atomic mass is 16.5. The molecule has 1 fully saturated rings. The van der Waals surface area contributed by atoms with Crippen LogP contribution in [-0.4, -0.2) is 25.3 Å². The minimum absolute atomic E-state index is 0.00204. The average Bonchev–Trinajstić information content (AvgIpc) is 1.98. The van der Waals surface area contributed by atoms with E-state index in [4.69, 9.17) is 4.74 Å². The molecule has 1 aliphatic rings. The molecule has 0 aromatic heterocycles. The molecule has 84 valence electrons. The summed E-state index contributed by atoms with van der Waals surface area (Å²) in [4.78, 5) is 0. The van der Waals surface area contributed by atoms with Gasteiger partial charge in [-0.15, -0.1) is 0 Å². The zero-order valence-electron chi connectivity index (χ0n) is 10.2. The van der Waals surface area contributed by atoms with Crippen LogP contribution in [0.2, 0.25) is 0 Å². The lowest BCUT2D eigenvalue weighted by atomic mass is 9.70. The molecule has 0 amide bonds. The van der Waals surface area contributed by atoms with Crippen LogP contribution in [0.3, 0.4) is 0 Å². The van der Waals surface area contributed by atoms with Gasteiger partial charge in [-0.05, 0) is 39.0 Å². The molecule has 0 aliphatic heterocycles. The second-order valence-electron chi connectivity index (χ2n) is 5.80. The Balaban J connectivity index is 1.94. The summed E-state index contributed by atoms with van der Waals surface area (Å²) in [6.07, 6.45) is 4.19. The highest BCUT2D eigenvalue weighted by Crippen LogP contribution is 2.39. The summed E-state index contributed by atoms with van der Waals surface area (Å²) in [6.45, 7) is 11.6. The zero-order chi connectivity index (χ0) is 10.7. The lowest BCUT2D eigenvalue weighted by Crippen LogP contribution is -2.39. The lowest BCUT2D eigenvalue weighted by Gasteiger charge is -2.38. The molecule has 2 heteroatoms. The van der Waals surface area contributed by atoms with Crippen molar-refractivity contribution in [1.82, 2.24) is 5.32 Å². The summed E-state index contributed by atoms with van der Waals surface area (Å²) < 4.78 is 5.63. The molecule has 0 heterocycles. The number of hydrogen-bond donors (Lipinski definition) is 1. The molecular formula is C12H25NO. The Labute approximate surface area is 88.4 Å². The van der Waals surface area contributed by atoms with Gasteiger partial charge in [0.2, 0.25) is 0 Å². The first-order valence-corrected chi connectivity index (χ1v) is 5.76. The predicted molar refractivity (Wildman–Crippen MR) is 60.5 cm³/mol. The molecule has 0 aromatic rings. The smallest absolute Gasteiger partial charge is 0.0599 e. The molecule has 0 atom stereocenters. The lowest BCUT2D eigenvalue weighted by molar-refractivity contribution is -0.00220. The van der Waals surface area contributed by atoms with Crippen LogP contribution in [0, 0.1) is 5.41 Å². The van der Waals surface area contributed by atoms with Crippen molar-refractivity contribution in [2.45, 2.75) is 52.6 Å². The maximum Gasteiger partial charge on any atom is 0.0599 e. The molecule has 2 nitrogen and oxygen atoms in total. The molecule has 14 heavy (non-hydrogen) atoms. The summed E-state index contributed by atoms with van der Waals surface area (Å²) in [5, 5.41) is 3.48. The highest BCUT2D eigenvalue weighted by Gasteiger charge is 2.30. The van der Waals surface area contributed by atoms with Crippen LogP contribution in [0.4, 0.5) is 0 Å². The van der Waals surface area contributed by atoms with Crippen LogP contribution in [0.15, 0.2) is 0 Å². The van der Waals surface area contributed by atoms with Crippen molar-refractivity contribution in [3.05, 3.63) is 0 Å². The van der Waals surface area contributed by atoms with Gasteiger partial charge in [0.1, 0.15) is 0 Å². The van der Waals surface area contributed by atoms with E-state index in [-0.39, 0.29) is 5.60 Å². The zero-order valence-corrected chi connectivity index (χ0v) is 10.2. The van der Waals surface area contributed by atoms with Gasteiger partial charge in [-0.25, -0.2) is 0 Å². The van der Waals surface area contributed by atoms with Crippen LogP contribution >= 0.6 is 0 Å². The fourth-order valence-corrected chi connectivity index (χ4v) is 1.78. The summed E-state index contributed by atoms with van der Waals surface area (Å²) in [7, 11) is 0. The third-order valence-electron chi connectivity index (χ3n) is 2.93. The summed E-state index contributed by atoms with van der Waals surface area (Å²) >= 11 is 0. The Kier molecular flexibility index (Phi) is 3.96. The minimum atomic E-state index is 0.00204. The van der Waals surface area contributed by atoms with Gasteiger partial charge >= 0.3 is 0 Å². The van der Waals surface area contributed by atoms with E-state index < -0.39 is 0 Å². The van der Waals surface area contributed by atoms with Crippen molar-refractivity contribution in [3.8, 4) is 0 Å². The van der Waals surface area contributed by atoms with Crippen molar-refractivity contribution in [3.63, 3.8) is 0 Å². The molecule has 1 N–H and O–H groups in total. The Morgan fingerprint density at radius 3 is 2.36 bits per heavy atom. The van der Waals surface area contributed by atoms with Crippen LogP contribution in [0.5, 0.6) is 0 Å². The van der Waals surface area contributed by atoms with Crippen molar-refractivity contribution >= 4 is 0 Å². The predicted octanol–water partition coefficient (Wildman–Crippen LogP) is 2.58. The van der Waals surface area contributed by atoms with Gasteiger partial charge in [0, 0.05) is 13.1 Å². The summed E-state index contributed by atoms with van der Waals surface area (Å²) in [6, 6.07) is 0. The van der Waals surface area contributed by atoms with Crippen molar-refractivity contribution in [2.24, 2.45) is 5.41 Å². The maximum atomic E-state index is 5.63. The third kappa shape index (κ3) is 4.43. The second-order valence-corrected chi connectivity index (χ2v) is 5.80. The fraction of sp³-hybridized carbons (Fsp3) is 1.00. The van der Waals surface area contributed by atoms with E-state index in [1.807, 2.05) is 0 Å².